The second kappa shape index (κ2) is 5.33. The van der Waals surface area contributed by atoms with Gasteiger partial charge in [0.25, 0.3) is 0 Å². The van der Waals surface area contributed by atoms with E-state index in [1.54, 1.807) is 0 Å². The van der Waals surface area contributed by atoms with Crippen LogP contribution in [-0.4, -0.2) is 29.1 Å². The molecule has 1 aliphatic heterocycles. The largest absolute Gasteiger partial charge is 0.481 e. The van der Waals surface area contributed by atoms with Gasteiger partial charge in [-0.15, -0.1) is 0 Å². The first-order chi connectivity index (χ1) is 9.24. The number of aliphatic carboxylic acids is 1. The first-order valence-corrected chi connectivity index (χ1v) is 7.27. The fourth-order valence-corrected chi connectivity index (χ4v) is 3.05. The standard InChI is InChI=1S/C16H21NO2/c18-16(19)13-7-9-17(10-8-13)11-14-3-1-2-4-15(14)12-5-6-12/h1-4,12-13H,5-11H2,(H,18,19). The van der Waals surface area contributed by atoms with Crippen molar-refractivity contribution in [2.75, 3.05) is 13.1 Å². The minimum atomic E-state index is -0.627. The van der Waals surface area contributed by atoms with Crippen molar-refractivity contribution < 1.29 is 9.90 Å². The molecule has 1 aromatic carbocycles. The zero-order chi connectivity index (χ0) is 13.2. The van der Waals surface area contributed by atoms with Gasteiger partial charge in [0, 0.05) is 6.54 Å². The molecule has 0 bridgehead atoms. The maximum atomic E-state index is 11.0. The van der Waals surface area contributed by atoms with Crippen molar-refractivity contribution in [3.05, 3.63) is 35.4 Å². The van der Waals surface area contributed by atoms with E-state index in [2.05, 4.69) is 29.2 Å². The number of carbonyl (C=O) groups is 1. The summed E-state index contributed by atoms with van der Waals surface area (Å²) in [6.07, 6.45) is 4.25. The lowest BCUT2D eigenvalue weighted by Crippen LogP contribution is -2.36. The number of benzene rings is 1. The summed E-state index contributed by atoms with van der Waals surface area (Å²) in [5.41, 5.74) is 2.96. The molecule has 3 nitrogen and oxygen atoms in total. The lowest BCUT2D eigenvalue weighted by molar-refractivity contribution is -0.143. The number of carboxylic acids is 1. The maximum Gasteiger partial charge on any atom is 0.306 e. The van der Waals surface area contributed by atoms with Crippen LogP contribution in [0.1, 0.15) is 42.7 Å². The number of piperidine rings is 1. The molecule has 0 unspecified atom stereocenters. The molecule has 1 aromatic rings. The molecule has 0 aromatic heterocycles. The Kier molecular flexibility index (Phi) is 3.56. The van der Waals surface area contributed by atoms with Gasteiger partial charge in [0.15, 0.2) is 0 Å². The Balaban J connectivity index is 1.62. The summed E-state index contributed by atoms with van der Waals surface area (Å²) in [5, 5.41) is 9.02. The van der Waals surface area contributed by atoms with Crippen molar-refractivity contribution in [1.82, 2.24) is 4.90 Å². The Morgan fingerprint density at radius 2 is 1.84 bits per heavy atom. The lowest BCUT2D eigenvalue weighted by Gasteiger charge is -2.30. The van der Waals surface area contributed by atoms with Crippen LogP contribution >= 0.6 is 0 Å². The molecule has 1 saturated heterocycles. The predicted octanol–water partition coefficient (Wildman–Crippen LogP) is 2.86. The third kappa shape index (κ3) is 2.98. The van der Waals surface area contributed by atoms with Crippen LogP contribution in [0.4, 0.5) is 0 Å². The maximum absolute atomic E-state index is 11.0. The smallest absolute Gasteiger partial charge is 0.306 e. The molecular formula is C16H21NO2. The average molecular weight is 259 g/mol. The van der Waals surface area contributed by atoms with Crippen molar-refractivity contribution >= 4 is 5.97 Å². The highest BCUT2D eigenvalue weighted by Gasteiger charge is 2.28. The Morgan fingerprint density at radius 3 is 2.47 bits per heavy atom. The van der Waals surface area contributed by atoms with Crippen molar-refractivity contribution in [3.8, 4) is 0 Å². The van der Waals surface area contributed by atoms with Crippen LogP contribution in [0.2, 0.25) is 0 Å². The van der Waals surface area contributed by atoms with E-state index in [9.17, 15) is 4.79 Å². The summed E-state index contributed by atoms with van der Waals surface area (Å²) in [6.45, 7) is 2.81. The summed E-state index contributed by atoms with van der Waals surface area (Å²) < 4.78 is 0. The van der Waals surface area contributed by atoms with Crippen LogP contribution in [0, 0.1) is 5.92 Å². The van der Waals surface area contributed by atoms with E-state index >= 15 is 0 Å². The Morgan fingerprint density at radius 1 is 1.16 bits per heavy atom. The van der Waals surface area contributed by atoms with Gasteiger partial charge in [-0.1, -0.05) is 24.3 Å². The second-order valence-corrected chi connectivity index (χ2v) is 5.86. The van der Waals surface area contributed by atoms with Gasteiger partial charge in [-0.3, -0.25) is 9.69 Å². The zero-order valence-corrected chi connectivity index (χ0v) is 11.2. The Hall–Kier alpha value is -1.35. The van der Waals surface area contributed by atoms with Crippen molar-refractivity contribution in [2.45, 2.75) is 38.1 Å². The van der Waals surface area contributed by atoms with Crippen LogP contribution in [-0.2, 0) is 11.3 Å². The number of nitrogens with zero attached hydrogens (tertiary/aromatic N) is 1. The molecule has 3 rings (SSSR count). The van der Waals surface area contributed by atoms with Gasteiger partial charge in [0.05, 0.1) is 5.92 Å². The van der Waals surface area contributed by atoms with E-state index in [-0.39, 0.29) is 5.92 Å². The molecule has 1 N–H and O–H groups in total. The molecule has 0 radical (unpaired) electrons. The lowest BCUT2D eigenvalue weighted by atomic mass is 9.96. The van der Waals surface area contributed by atoms with E-state index in [0.29, 0.717) is 0 Å². The summed E-state index contributed by atoms with van der Waals surface area (Å²) in [4.78, 5) is 13.4. The normalized spacial score (nSPS) is 21.5. The van der Waals surface area contributed by atoms with E-state index < -0.39 is 5.97 Å². The Labute approximate surface area is 114 Å². The molecule has 102 valence electrons. The van der Waals surface area contributed by atoms with Gasteiger partial charge in [0.2, 0.25) is 0 Å². The zero-order valence-electron chi connectivity index (χ0n) is 11.2. The summed E-state index contributed by atoms with van der Waals surface area (Å²) >= 11 is 0. The van der Waals surface area contributed by atoms with Gasteiger partial charge in [-0.2, -0.15) is 0 Å². The highest BCUT2D eigenvalue weighted by Crippen LogP contribution is 2.41. The van der Waals surface area contributed by atoms with Crippen LogP contribution in [0.25, 0.3) is 0 Å². The number of hydrogen-bond acceptors (Lipinski definition) is 2. The molecule has 1 heterocycles. The van der Waals surface area contributed by atoms with Crippen LogP contribution < -0.4 is 0 Å². The van der Waals surface area contributed by atoms with E-state index in [0.717, 1.165) is 38.4 Å². The molecule has 19 heavy (non-hydrogen) atoms. The number of carboxylic acid groups (broad SMARTS) is 1. The minimum absolute atomic E-state index is 0.130. The predicted molar refractivity (Wildman–Crippen MR) is 74.1 cm³/mol. The third-order valence-electron chi connectivity index (χ3n) is 4.40. The van der Waals surface area contributed by atoms with Gasteiger partial charge in [-0.05, 0) is 55.8 Å². The van der Waals surface area contributed by atoms with E-state index in [1.807, 2.05) is 0 Å². The molecule has 1 aliphatic carbocycles. The first kappa shape index (κ1) is 12.7. The van der Waals surface area contributed by atoms with E-state index in [1.165, 1.54) is 24.0 Å². The third-order valence-corrected chi connectivity index (χ3v) is 4.40. The molecule has 3 heteroatoms. The average Bonchev–Trinajstić information content (AvgIpc) is 3.24. The molecule has 0 spiro atoms. The first-order valence-electron chi connectivity index (χ1n) is 7.27. The van der Waals surface area contributed by atoms with Crippen LogP contribution in [0.5, 0.6) is 0 Å². The molecule has 1 saturated carbocycles. The van der Waals surface area contributed by atoms with Crippen molar-refractivity contribution in [2.24, 2.45) is 5.92 Å². The fraction of sp³-hybridized carbons (Fsp3) is 0.562. The number of likely N-dealkylation sites (tertiary alicyclic amines) is 1. The Bertz CT molecular complexity index is 460. The summed E-state index contributed by atoms with van der Waals surface area (Å²) in [6, 6.07) is 8.74. The quantitative estimate of drug-likeness (QED) is 0.904. The molecular weight excluding hydrogens is 238 g/mol. The molecule has 0 atom stereocenters. The molecule has 0 amide bonds. The summed E-state index contributed by atoms with van der Waals surface area (Å²) in [5.74, 6) is 0.0284. The highest BCUT2D eigenvalue weighted by atomic mass is 16.4. The summed E-state index contributed by atoms with van der Waals surface area (Å²) in [7, 11) is 0. The van der Waals surface area contributed by atoms with Gasteiger partial charge in [0.1, 0.15) is 0 Å². The van der Waals surface area contributed by atoms with Crippen LogP contribution in [0.3, 0.4) is 0 Å². The number of rotatable bonds is 4. The van der Waals surface area contributed by atoms with Gasteiger partial charge >= 0.3 is 5.97 Å². The van der Waals surface area contributed by atoms with Gasteiger partial charge in [-0.25, -0.2) is 0 Å². The second-order valence-electron chi connectivity index (χ2n) is 5.86. The SMILES string of the molecule is O=C(O)C1CCN(Cc2ccccc2C2CC2)CC1. The van der Waals surface area contributed by atoms with Crippen molar-refractivity contribution in [1.29, 1.82) is 0 Å². The molecule has 2 fully saturated rings. The van der Waals surface area contributed by atoms with Gasteiger partial charge < -0.3 is 5.11 Å². The molecule has 2 aliphatic rings. The fourth-order valence-electron chi connectivity index (χ4n) is 3.05. The van der Waals surface area contributed by atoms with Crippen molar-refractivity contribution in [3.63, 3.8) is 0 Å². The minimum Gasteiger partial charge on any atom is -0.481 e. The van der Waals surface area contributed by atoms with Crippen LogP contribution in [0.15, 0.2) is 24.3 Å². The number of hydrogen-bond donors (Lipinski definition) is 1. The van der Waals surface area contributed by atoms with E-state index in [4.69, 9.17) is 5.11 Å². The topological polar surface area (TPSA) is 40.5 Å². The monoisotopic (exact) mass is 259 g/mol. The highest BCUT2D eigenvalue weighted by molar-refractivity contribution is 5.70.